The maximum Gasteiger partial charge on any atom is 0.229 e. The largest absolute Gasteiger partial charge is 0.495 e. The molecule has 0 spiro atoms. The van der Waals surface area contributed by atoms with Crippen LogP contribution in [0.5, 0.6) is 5.75 Å². The van der Waals surface area contributed by atoms with Crippen LogP contribution in [0.2, 0.25) is 5.02 Å². The lowest BCUT2D eigenvalue weighted by molar-refractivity contribution is 0.0793. The summed E-state index contributed by atoms with van der Waals surface area (Å²) in [6.45, 7) is 5.50. The number of hydrogen-bond donors (Lipinski definition) is 5. The summed E-state index contributed by atoms with van der Waals surface area (Å²) in [5.41, 5.74) is 3.44. The Hall–Kier alpha value is -3.00. The number of methoxy groups -OCH3 is 1. The minimum absolute atomic E-state index is 0.142. The Labute approximate surface area is 259 Å². The van der Waals surface area contributed by atoms with Crippen molar-refractivity contribution in [3.8, 4) is 5.75 Å². The van der Waals surface area contributed by atoms with E-state index < -0.39 is 10.9 Å². The van der Waals surface area contributed by atoms with Crippen molar-refractivity contribution in [3.63, 3.8) is 0 Å². The number of halogens is 1. The van der Waals surface area contributed by atoms with Gasteiger partial charge in [0.05, 0.1) is 25.6 Å². The van der Waals surface area contributed by atoms with Crippen molar-refractivity contribution in [2.45, 2.75) is 44.2 Å². The Morgan fingerprint density at radius 1 is 1.02 bits per heavy atom. The second kappa shape index (κ2) is 15.1. The third-order valence-corrected chi connectivity index (χ3v) is 9.07. The number of β-amino-alcohol motifs (C(OH)–C–C–N with tert-alkyl or cyclic N) is 1. The van der Waals surface area contributed by atoms with Gasteiger partial charge in [0.15, 0.2) is 5.82 Å². The average molecular weight is 630 g/mol. The summed E-state index contributed by atoms with van der Waals surface area (Å²) < 4.78 is 30.2. The molecule has 1 aromatic heterocycles. The van der Waals surface area contributed by atoms with Crippen molar-refractivity contribution >= 4 is 45.6 Å². The molecule has 0 atom stereocenters. The van der Waals surface area contributed by atoms with Crippen molar-refractivity contribution in [1.82, 2.24) is 24.5 Å². The highest BCUT2D eigenvalue weighted by molar-refractivity contribution is 7.70. The SMILES string of the molecule is COc1cc(C2CCN(C3CCN(CCO)CC3)CC2)ccc1Nc1ncc(Cl)c(Nc2ccccc2CN[SH](=O)=O)n1. The van der Waals surface area contributed by atoms with E-state index >= 15 is 0 Å². The molecule has 2 aliphatic heterocycles. The van der Waals surface area contributed by atoms with E-state index in [2.05, 4.69) is 47.3 Å². The zero-order valence-electron chi connectivity index (χ0n) is 24.3. The van der Waals surface area contributed by atoms with Gasteiger partial charge in [-0.2, -0.15) is 4.98 Å². The molecule has 13 heteroatoms. The first-order valence-electron chi connectivity index (χ1n) is 14.7. The summed E-state index contributed by atoms with van der Waals surface area (Å²) in [5, 5.41) is 16.0. The van der Waals surface area contributed by atoms with Gasteiger partial charge in [-0.1, -0.05) is 35.9 Å². The molecule has 0 amide bonds. The highest BCUT2D eigenvalue weighted by Gasteiger charge is 2.29. The van der Waals surface area contributed by atoms with E-state index in [-0.39, 0.29) is 13.2 Å². The minimum atomic E-state index is -2.72. The van der Waals surface area contributed by atoms with Crippen LogP contribution in [0.15, 0.2) is 48.7 Å². The second-order valence-corrected chi connectivity index (χ2v) is 12.2. The van der Waals surface area contributed by atoms with Gasteiger partial charge >= 0.3 is 0 Å². The summed E-state index contributed by atoms with van der Waals surface area (Å²) in [7, 11) is -1.06. The van der Waals surface area contributed by atoms with Gasteiger partial charge in [-0.3, -0.25) is 0 Å². The molecule has 0 radical (unpaired) electrons. The zero-order valence-corrected chi connectivity index (χ0v) is 26.0. The molecule has 5 rings (SSSR count). The standard InChI is InChI=1S/C30H40ClN7O4S/c1-42-28-18-22(21-8-14-38(15-9-21)24-10-12-37(13-11-24)16-17-39)6-7-27(28)35-30-32-20-25(31)29(36-30)34-26-5-3-2-4-23(26)19-33-43(40)41/h2-7,18,20-21,24,39,43H,8-17,19H2,1H3,(H,33,40,41)(H2,32,34,35,36). The van der Waals surface area contributed by atoms with E-state index in [0.29, 0.717) is 40.2 Å². The molecule has 0 saturated carbocycles. The summed E-state index contributed by atoms with van der Waals surface area (Å²) in [6, 6.07) is 14.2. The lowest BCUT2D eigenvalue weighted by atomic mass is 9.87. The van der Waals surface area contributed by atoms with Crippen LogP contribution in [-0.4, -0.2) is 85.8 Å². The number of para-hydroxylation sites is 1. The monoisotopic (exact) mass is 629 g/mol. The van der Waals surface area contributed by atoms with E-state index in [0.717, 1.165) is 56.8 Å². The highest BCUT2D eigenvalue weighted by atomic mass is 35.5. The Kier molecular flexibility index (Phi) is 11.1. The van der Waals surface area contributed by atoms with Gasteiger partial charge in [0, 0.05) is 24.8 Å². The number of aliphatic hydroxyl groups is 1. The number of thiol groups is 1. The molecule has 0 aliphatic carbocycles. The van der Waals surface area contributed by atoms with E-state index in [1.54, 1.807) is 7.11 Å². The topological polar surface area (TPSA) is 132 Å². The summed E-state index contributed by atoms with van der Waals surface area (Å²) >= 11 is 6.41. The average Bonchev–Trinajstić information content (AvgIpc) is 3.03. The summed E-state index contributed by atoms with van der Waals surface area (Å²) in [4.78, 5) is 13.9. The molecule has 2 fully saturated rings. The van der Waals surface area contributed by atoms with Crippen molar-refractivity contribution < 1.29 is 18.3 Å². The van der Waals surface area contributed by atoms with Crippen molar-refractivity contribution in [2.75, 3.05) is 57.1 Å². The second-order valence-electron chi connectivity index (χ2n) is 11.0. The number of nitrogens with zero attached hydrogens (tertiary/aromatic N) is 4. The number of aromatic nitrogens is 2. The number of hydrogen-bond acceptors (Lipinski definition) is 10. The van der Waals surface area contributed by atoms with E-state index in [1.807, 2.05) is 30.3 Å². The number of anilines is 4. The van der Waals surface area contributed by atoms with E-state index in [9.17, 15) is 13.5 Å². The number of rotatable bonds is 12. The molecule has 3 aromatic rings. The number of benzene rings is 2. The molecule has 0 unspecified atom stereocenters. The van der Waals surface area contributed by atoms with Crippen molar-refractivity contribution in [3.05, 3.63) is 64.8 Å². The van der Waals surface area contributed by atoms with Gasteiger partial charge in [0.25, 0.3) is 0 Å². The highest BCUT2D eigenvalue weighted by Crippen LogP contribution is 2.36. The first-order valence-corrected chi connectivity index (χ1v) is 16.3. The third kappa shape index (κ3) is 8.34. The lowest BCUT2D eigenvalue weighted by Crippen LogP contribution is -2.47. The number of piperidine rings is 2. The van der Waals surface area contributed by atoms with Crippen LogP contribution in [0.25, 0.3) is 0 Å². The molecule has 232 valence electrons. The Morgan fingerprint density at radius 2 is 1.79 bits per heavy atom. The molecule has 11 nitrogen and oxygen atoms in total. The maximum absolute atomic E-state index is 11.0. The molecule has 43 heavy (non-hydrogen) atoms. The van der Waals surface area contributed by atoms with Gasteiger partial charge in [-0.05, 0) is 87.1 Å². The Morgan fingerprint density at radius 3 is 2.51 bits per heavy atom. The molecule has 0 bridgehead atoms. The Bertz CT molecular complexity index is 1440. The van der Waals surface area contributed by atoms with Crippen LogP contribution >= 0.6 is 11.6 Å². The lowest BCUT2D eigenvalue weighted by Gasteiger charge is -2.42. The van der Waals surface area contributed by atoms with Gasteiger partial charge in [-0.15, -0.1) is 0 Å². The predicted octanol–water partition coefficient (Wildman–Crippen LogP) is 3.88. The molecule has 2 aliphatic rings. The fraction of sp³-hybridized carbons (Fsp3) is 0.467. The van der Waals surface area contributed by atoms with Crippen LogP contribution < -0.4 is 20.1 Å². The van der Waals surface area contributed by atoms with Crippen LogP contribution in [0, 0.1) is 0 Å². The summed E-state index contributed by atoms with van der Waals surface area (Å²) in [5.74, 6) is 1.92. The van der Waals surface area contributed by atoms with Crippen LogP contribution in [0.3, 0.4) is 0 Å². The molecule has 2 aromatic carbocycles. The fourth-order valence-corrected chi connectivity index (χ4v) is 6.46. The normalized spacial score (nSPS) is 17.3. The number of aliphatic hydroxyl groups excluding tert-OH is 1. The number of nitrogens with one attached hydrogen (secondary N) is 3. The van der Waals surface area contributed by atoms with Gasteiger partial charge in [0.2, 0.25) is 16.8 Å². The maximum atomic E-state index is 11.0. The number of ether oxygens (including phenoxy) is 1. The quantitative estimate of drug-likeness (QED) is 0.188. The molecule has 4 N–H and O–H groups in total. The third-order valence-electron chi connectivity index (χ3n) is 8.38. The minimum Gasteiger partial charge on any atom is -0.495 e. The van der Waals surface area contributed by atoms with Crippen LogP contribution in [-0.2, 0) is 17.4 Å². The summed E-state index contributed by atoms with van der Waals surface area (Å²) in [6.07, 6.45) is 6.10. The molecule has 3 heterocycles. The zero-order chi connectivity index (χ0) is 30.2. The van der Waals surface area contributed by atoms with Crippen molar-refractivity contribution in [1.29, 1.82) is 0 Å². The predicted molar refractivity (Wildman–Crippen MR) is 170 cm³/mol. The van der Waals surface area contributed by atoms with Crippen molar-refractivity contribution in [2.24, 2.45) is 0 Å². The molecule has 2 saturated heterocycles. The number of likely N-dealkylation sites (tertiary alicyclic amines) is 2. The smallest absolute Gasteiger partial charge is 0.229 e. The van der Waals surface area contributed by atoms with E-state index in [4.69, 9.17) is 16.3 Å². The fourth-order valence-electron chi connectivity index (χ4n) is 6.02. The van der Waals surface area contributed by atoms with Gasteiger partial charge in [0.1, 0.15) is 10.8 Å². The van der Waals surface area contributed by atoms with Gasteiger partial charge in [-0.25, -0.2) is 18.1 Å². The first-order chi connectivity index (χ1) is 20.9. The molecular formula is C30H40ClN7O4S. The van der Waals surface area contributed by atoms with Crippen LogP contribution in [0.4, 0.5) is 23.1 Å². The first kappa shape index (κ1) is 31.4. The molecular weight excluding hydrogens is 590 g/mol. The van der Waals surface area contributed by atoms with Gasteiger partial charge < -0.3 is 30.3 Å². The Balaban J connectivity index is 1.22. The van der Waals surface area contributed by atoms with Crippen LogP contribution in [0.1, 0.15) is 42.7 Å². The van der Waals surface area contributed by atoms with E-state index in [1.165, 1.54) is 24.6 Å².